The van der Waals surface area contributed by atoms with Crippen molar-refractivity contribution in [3.05, 3.63) is 0 Å². The maximum Gasteiger partial charge on any atom is 0.410 e. The highest BCUT2D eigenvalue weighted by molar-refractivity contribution is 5.68. The van der Waals surface area contributed by atoms with Gasteiger partial charge < -0.3 is 20.5 Å². The van der Waals surface area contributed by atoms with Crippen molar-refractivity contribution in [1.29, 1.82) is 0 Å². The van der Waals surface area contributed by atoms with Gasteiger partial charge in [-0.25, -0.2) is 4.79 Å². The molecule has 0 radical (unpaired) electrons. The molecule has 5 heteroatoms. The third kappa shape index (κ3) is 4.52. The van der Waals surface area contributed by atoms with Crippen molar-refractivity contribution in [2.45, 2.75) is 51.2 Å². The van der Waals surface area contributed by atoms with Crippen LogP contribution in [0.4, 0.5) is 4.79 Å². The zero-order valence-corrected chi connectivity index (χ0v) is 11.2. The van der Waals surface area contributed by atoms with Gasteiger partial charge in [-0.3, -0.25) is 0 Å². The highest BCUT2D eigenvalue weighted by Gasteiger charge is 2.35. The van der Waals surface area contributed by atoms with Gasteiger partial charge in [-0.05, 0) is 33.6 Å². The number of hydrogen-bond acceptors (Lipinski definition) is 3. The Morgan fingerprint density at radius 2 is 1.94 bits per heavy atom. The van der Waals surface area contributed by atoms with Gasteiger partial charge in [-0.15, -0.1) is 0 Å². The number of carbonyl (C=O) groups excluding carboxylic acids is 1. The SMILES string of the molecule is CC(C)(C)OC(=O)N1CCC(O)(CC[NH3+])CC1. The van der Waals surface area contributed by atoms with Crippen LogP contribution in [0, 0.1) is 0 Å². The highest BCUT2D eigenvalue weighted by Crippen LogP contribution is 2.25. The number of amides is 1. The minimum Gasteiger partial charge on any atom is -0.444 e. The molecule has 1 fully saturated rings. The van der Waals surface area contributed by atoms with Crippen molar-refractivity contribution in [2.75, 3.05) is 19.6 Å². The monoisotopic (exact) mass is 245 g/mol. The summed E-state index contributed by atoms with van der Waals surface area (Å²) < 4.78 is 5.30. The van der Waals surface area contributed by atoms with Crippen LogP contribution in [0.25, 0.3) is 0 Å². The van der Waals surface area contributed by atoms with E-state index >= 15 is 0 Å². The van der Waals surface area contributed by atoms with Gasteiger partial charge in [0, 0.05) is 19.5 Å². The molecular formula is C12H25N2O3+. The van der Waals surface area contributed by atoms with Crippen LogP contribution in [0.2, 0.25) is 0 Å². The Labute approximate surface area is 103 Å². The van der Waals surface area contributed by atoms with Crippen molar-refractivity contribution < 1.29 is 20.4 Å². The molecule has 0 aromatic carbocycles. The molecule has 0 saturated carbocycles. The van der Waals surface area contributed by atoms with Crippen molar-refractivity contribution >= 4 is 6.09 Å². The van der Waals surface area contributed by atoms with Gasteiger partial charge in [0.15, 0.2) is 0 Å². The van der Waals surface area contributed by atoms with Crippen LogP contribution in [-0.2, 0) is 4.74 Å². The lowest BCUT2D eigenvalue weighted by Crippen LogP contribution is -2.55. The Balaban J connectivity index is 2.44. The molecule has 0 atom stereocenters. The van der Waals surface area contributed by atoms with E-state index in [-0.39, 0.29) is 6.09 Å². The fraction of sp³-hybridized carbons (Fsp3) is 0.917. The first-order valence-corrected chi connectivity index (χ1v) is 6.25. The Bertz CT molecular complexity index is 265. The third-order valence-electron chi connectivity index (χ3n) is 2.99. The number of quaternary nitrogens is 1. The van der Waals surface area contributed by atoms with E-state index in [4.69, 9.17) is 4.74 Å². The number of carbonyl (C=O) groups is 1. The summed E-state index contributed by atoms with van der Waals surface area (Å²) in [4.78, 5) is 13.5. The highest BCUT2D eigenvalue weighted by atomic mass is 16.6. The zero-order chi connectivity index (χ0) is 13.1. The van der Waals surface area contributed by atoms with E-state index in [0.717, 1.165) is 6.54 Å². The third-order valence-corrected chi connectivity index (χ3v) is 2.99. The summed E-state index contributed by atoms with van der Waals surface area (Å²) >= 11 is 0. The van der Waals surface area contributed by atoms with Gasteiger partial charge in [-0.1, -0.05) is 0 Å². The molecule has 0 spiro atoms. The van der Waals surface area contributed by atoms with E-state index in [1.54, 1.807) is 4.90 Å². The number of aliphatic hydroxyl groups is 1. The first kappa shape index (κ1) is 14.3. The van der Waals surface area contributed by atoms with Gasteiger partial charge in [0.1, 0.15) is 5.60 Å². The van der Waals surface area contributed by atoms with Crippen LogP contribution in [0.1, 0.15) is 40.0 Å². The maximum absolute atomic E-state index is 11.8. The summed E-state index contributed by atoms with van der Waals surface area (Å²) in [6, 6.07) is 0. The van der Waals surface area contributed by atoms with E-state index < -0.39 is 11.2 Å². The summed E-state index contributed by atoms with van der Waals surface area (Å²) in [5, 5.41) is 10.2. The maximum atomic E-state index is 11.8. The number of likely N-dealkylation sites (tertiary alicyclic amines) is 1. The van der Waals surface area contributed by atoms with Crippen LogP contribution in [0.15, 0.2) is 0 Å². The molecule has 0 unspecified atom stereocenters. The topological polar surface area (TPSA) is 77.4 Å². The molecule has 0 aromatic heterocycles. The molecule has 5 nitrogen and oxygen atoms in total. The van der Waals surface area contributed by atoms with E-state index in [1.165, 1.54) is 0 Å². The Kier molecular flexibility index (Phi) is 4.38. The van der Waals surface area contributed by atoms with E-state index in [2.05, 4.69) is 5.73 Å². The van der Waals surface area contributed by atoms with Gasteiger partial charge in [-0.2, -0.15) is 0 Å². The molecular weight excluding hydrogens is 220 g/mol. The summed E-state index contributed by atoms with van der Waals surface area (Å²) in [7, 11) is 0. The van der Waals surface area contributed by atoms with Gasteiger partial charge in [0.25, 0.3) is 0 Å². The van der Waals surface area contributed by atoms with Crippen LogP contribution in [0.5, 0.6) is 0 Å². The average molecular weight is 245 g/mol. The van der Waals surface area contributed by atoms with Crippen LogP contribution in [-0.4, -0.2) is 46.9 Å². The standard InChI is InChI=1S/C12H24N2O3/c1-11(2,3)17-10(15)14-8-5-12(16,4-7-13)6-9-14/h16H,4-9,13H2,1-3H3/p+1. The molecule has 0 aliphatic carbocycles. The number of rotatable bonds is 2. The minimum absolute atomic E-state index is 0.283. The lowest BCUT2D eigenvalue weighted by Gasteiger charge is -2.38. The number of nitrogens with zero attached hydrogens (tertiary/aromatic N) is 1. The van der Waals surface area contributed by atoms with Crippen LogP contribution in [0.3, 0.4) is 0 Å². The molecule has 0 bridgehead atoms. The Hall–Kier alpha value is -0.810. The molecule has 0 aromatic rings. The molecule has 1 amide bonds. The fourth-order valence-electron chi connectivity index (χ4n) is 2.01. The minimum atomic E-state index is -0.639. The number of ether oxygens (including phenoxy) is 1. The van der Waals surface area contributed by atoms with Crippen molar-refractivity contribution in [3.8, 4) is 0 Å². The predicted octanol–water partition coefficient (Wildman–Crippen LogP) is 0.380. The summed E-state index contributed by atoms with van der Waals surface area (Å²) in [5.74, 6) is 0. The molecule has 4 N–H and O–H groups in total. The van der Waals surface area contributed by atoms with E-state index in [9.17, 15) is 9.90 Å². The second-order valence-corrected chi connectivity index (χ2v) is 5.80. The largest absolute Gasteiger partial charge is 0.444 e. The van der Waals surface area contributed by atoms with Crippen molar-refractivity contribution in [2.24, 2.45) is 0 Å². The second kappa shape index (κ2) is 5.23. The van der Waals surface area contributed by atoms with Gasteiger partial charge >= 0.3 is 6.09 Å². The number of piperidine rings is 1. The van der Waals surface area contributed by atoms with Crippen molar-refractivity contribution in [1.82, 2.24) is 4.90 Å². The van der Waals surface area contributed by atoms with Gasteiger partial charge in [0.05, 0.1) is 12.1 Å². The first-order chi connectivity index (χ1) is 7.76. The first-order valence-electron chi connectivity index (χ1n) is 6.25. The summed E-state index contributed by atoms with van der Waals surface area (Å²) in [6.45, 7) is 7.41. The summed E-state index contributed by atoms with van der Waals surface area (Å²) in [6.07, 6.45) is 1.65. The van der Waals surface area contributed by atoms with Crippen molar-refractivity contribution in [3.63, 3.8) is 0 Å². The van der Waals surface area contributed by atoms with Crippen LogP contribution < -0.4 is 5.73 Å². The Morgan fingerprint density at radius 1 is 1.41 bits per heavy atom. The fourth-order valence-corrected chi connectivity index (χ4v) is 2.01. The van der Waals surface area contributed by atoms with E-state index in [0.29, 0.717) is 32.4 Å². The number of hydrogen-bond donors (Lipinski definition) is 2. The lowest BCUT2D eigenvalue weighted by atomic mass is 9.88. The molecule has 1 rings (SSSR count). The lowest BCUT2D eigenvalue weighted by molar-refractivity contribution is -0.374. The molecule has 1 aliphatic rings. The average Bonchev–Trinajstić information content (AvgIpc) is 2.15. The molecule has 1 aliphatic heterocycles. The Morgan fingerprint density at radius 3 is 2.35 bits per heavy atom. The quantitative estimate of drug-likeness (QED) is 0.738. The molecule has 1 heterocycles. The second-order valence-electron chi connectivity index (χ2n) is 5.80. The zero-order valence-electron chi connectivity index (χ0n) is 11.2. The summed E-state index contributed by atoms with van der Waals surface area (Å²) in [5.41, 5.74) is 2.66. The predicted molar refractivity (Wildman–Crippen MR) is 64.4 cm³/mol. The normalized spacial score (nSPS) is 20.2. The molecule has 100 valence electrons. The molecule has 1 saturated heterocycles. The smallest absolute Gasteiger partial charge is 0.410 e. The van der Waals surface area contributed by atoms with Crippen LogP contribution >= 0.6 is 0 Å². The van der Waals surface area contributed by atoms with E-state index in [1.807, 2.05) is 20.8 Å². The molecule has 17 heavy (non-hydrogen) atoms. The van der Waals surface area contributed by atoms with Gasteiger partial charge in [0.2, 0.25) is 0 Å².